The second-order valence-corrected chi connectivity index (χ2v) is 6.31. The van der Waals surface area contributed by atoms with Gasteiger partial charge < -0.3 is 5.32 Å². The third-order valence-corrected chi connectivity index (χ3v) is 4.37. The molecule has 1 aromatic heterocycles. The zero-order chi connectivity index (χ0) is 18.8. The summed E-state index contributed by atoms with van der Waals surface area (Å²) in [5.41, 5.74) is 2.56. The Bertz CT molecular complexity index is 968. The van der Waals surface area contributed by atoms with Crippen molar-refractivity contribution in [2.24, 2.45) is 0 Å². The van der Waals surface area contributed by atoms with Crippen molar-refractivity contribution in [3.63, 3.8) is 0 Å². The summed E-state index contributed by atoms with van der Waals surface area (Å²) in [5.74, 6) is -1.24. The minimum atomic E-state index is -0.466. The molecule has 0 saturated carbocycles. The standard InChI is InChI=1S/C19H16ClF2N3O/c1-11-3-6-15(22)9-16(11)23-19(26)17-12(2)24-25(18(17)20)10-13-4-7-14(21)8-5-13/h3-9H,10H2,1-2H3,(H,23,26). The van der Waals surface area contributed by atoms with Crippen LogP contribution in [0.2, 0.25) is 5.15 Å². The van der Waals surface area contributed by atoms with Gasteiger partial charge in [0, 0.05) is 5.69 Å². The lowest BCUT2D eigenvalue weighted by Gasteiger charge is -2.08. The van der Waals surface area contributed by atoms with Gasteiger partial charge in [-0.3, -0.25) is 4.79 Å². The Morgan fingerprint density at radius 1 is 1.12 bits per heavy atom. The molecule has 0 aliphatic rings. The number of carbonyl (C=O) groups is 1. The van der Waals surface area contributed by atoms with Crippen LogP contribution in [0, 0.1) is 25.5 Å². The number of hydrogen-bond donors (Lipinski definition) is 1. The molecule has 4 nitrogen and oxygen atoms in total. The van der Waals surface area contributed by atoms with E-state index in [1.165, 1.54) is 28.9 Å². The van der Waals surface area contributed by atoms with Crippen molar-refractivity contribution in [1.29, 1.82) is 0 Å². The second-order valence-electron chi connectivity index (χ2n) is 5.95. The molecule has 0 fully saturated rings. The molecule has 26 heavy (non-hydrogen) atoms. The molecular formula is C19H16ClF2N3O. The Hall–Kier alpha value is -2.73. The molecule has 7 heteroatoms. The van der Waals surface area contributed by atoms with E-state index in [0.717, 1.165) is 11.1 Å². The largest absolute Gasteiger partial charge is 0.321 e. The molecule has 3 rings (SSSR count). The van der Waals surface area contributed by atoms with Crippen molar-refractivity contribution in [1.82, 2.24) is 9.78 Å². The maximum atomic E-state index is 13.4. The van der Waals surface area contributed by atoms with Crippen LogP contribution in [0.3, 0.4) is 0 Å². The Balaban J connectivity index is 1.86. The van der Waals surface area contributed by atoms with E-state index in [4.69, 9.17) is 11.6 Å². The lowest BCUT2D eigenvalue weighted by Crippen LogP contribution is -2.14. The predicted octanol–water partition coefficient (Wildman–Crippen LogP) is 4.73. The molecule has 0 spiro atoms. The zero-order valence-electron chi connectivity index (χ0n) is 14.2. The first kappa shape index (κ1) is 18.1. The van der Waals surface area contributed by atoms with Gasteiger partial charge in [0.05, 0.1) is 17.8 Å². The van der Waals surface area contributed by atoms with E-state index >= 15 is 0 Å². The number of rotatable bonds is 4. The summed E-state index contributed by atoms with van der Waals surface area (Å²) in [6.45, 7) is 3.73. The Labute approximate surface area is 154 Å². The van der Waals surface area contributed by atoms with Crippen LogP contribution in [0.15, 0.2) is 42.5 Å². The highest BCUT2D eigenvalue weighted by Gasteiger charge is 2.21. The molecule has 0 radical (unpaired) electrons. The highest BCUT2D eigenvalue weighted by Crippen LogP contribution is 2.24. The normalized spacial score (nSPS) is 10.8. The highest BCUT2D eigenvalue weighted by atomic mass is 35.5. The molecule has 0 saturated heterocycles. The van der Waals surface area contributed by atoms with Crippen LogP contribution in [0.5, 0.6) is 0 Å². The van der Waals surface area contributed by atoms with E-state index in [1.807, 2.05) is 0 Å². The number of nitrogens with zero attached hydrogens (tertiary/aromatic N) is 2. The van der Waals surface area contributed by atoms with Crippen molar-refractivity contribution in [2.45, 2.75) is 20.4 Å². The highest BCUT2D eigenvalue weighted by molar-refractivity contribution is 6.33. The van der Waals surface area contributed by atoms with Crippen molar-refractivity contribution < 1.29 is 13.6 Å². The molecule has 0 unspecified atom stereocenters. The molecule has 0 aliphatic carbocycles. The maximum absolute atomic E-state index is 13.4. The van der Waals surface area contributed by atoms with Gasteiger partial charge in [-0.1, -0.05) is 29.8 Å². The van der Waals surface area contributed by atoms with E-state index in [9.17, 15) is 13.6 Å². The van der Waals surface area contributed by atoms with E-state index in [1.54, 1.807) is 32.0 Å². The number of amides is 1. The van der Waals surface area contributed by atoms with E-state index in [0.29, 0.717) is 17.9 Å². The van der Waals surface area contributed by atoms with Crippen LogP contribution < -0.4 is 5.32 Å². The topological polar surface area (TPSA) is 46.9 Å². The number of carbonyl (C=O) groups excluding carboxylic acids is 1. The van der Waals surface area contributed by atoms with Crippen LogP contribution in [0.25, 0.3) is 0 Å². The smallest absolute Gasteiger partial charge is 0.260 e. The first-order valence-corrected chi connectivity index (χ1v) is 8.28. The van der Waals surface area contributed by atoms with Gasteiger partial charge in [0.15, 0.2) is 0 Å². The minimum absolute atomic E-state index is 0.165. The Kier molecular flexibility index (Phi) is 5.04. The number of aromatic nitrogens is 2. The monoisotopic (exact) mass is 375 g/mol. The summed E-state index contributed by atoms with van der Waals surface area (Å²) >= 11 is 6.33. The molecule has 2 aromatic carbocycles. The van der Waals surface area contributed by atoms with Crippen LogP contribution in [-0.2, 0) is 6.54 Å². The fourth-order valence-electron chi connectivity index (χ4n) is 2.59. The summed E-state index contributed by atoms with van der Waals surface area (Å²) in [6.07, 6.45) is 0. The van der Waals surface area contributed by atoms with E-state index in [2.05, 4.69) is 10.4 Å². The molecule has 0 aliphatic heterocycles. The molecule has 1 amide bonds. The van der Waals surface area contributed by atoms with Gasteiger partial charge in [0.25, 0.3) is 5.91 Å². The van der Waals surface area contributed by atoms with Crippen LogP contribution in [0.4, 0.5) is 14.5 Å². The molecule has 0 bridgehead atoms. The average Bonchev–Trinajstić information content (AvgIpc) is 2.87. The number of anilines is 1. The van der Waals surface area contributed by atoms with Gasteiger partial charge in [-0.15, -0.1) is 0 Å². The molecule has 1 N–H and O–H groups in total. The summed E-state index contributed by atoms with van der Waals surface area (Å²) in [5, 5.41) is 7.12. The molecule has 134 valence electrons. The number of halogens is 3. The third-order valence-electron chi connectivity index (χ3n) is 3.99. The number of benzene rings is 2. The molecular weight excluding hydrogens is 360 g/mol. The fraction of sp³-hybridized carbons (Fsp3) is 0.158. The summed E-state index contributed by atoms with van der Waals surface area (Å²) in [6, 6.07) is 10.1. The third kappa shape index (κ3) is 3.75. The molecule has 1 heterocycles. The van der Waals surface area contributed by atoms with Crippen LogP contribution in [0.1, 0.15) is 27.2 Å². The second kappa shape index (κ2) is 7.25. The first-order chi connectivity index (χ1) is 12.3. The Morgan fingerprint density at radius 2 is 1.77 bits per heavy atom. The lowest BCUT2D eigenvalue weighted by molar-refractivity contribution is 0.102. The summed E-state index contributed by atoms with van der Waals surface area (Å²) in [4.78, 5) is 12.6. The number of aryl methyl sites for hydroxylation is 2. The van der Waals surface area contributed by atoms with E-state index in [-0.39, 0.29) is 16.5 Å². The van der Waals surface area contributed by atoms with Gasteiger partial charge in [-0.25, -0.2) is 13.5 Å². The van der Waals surface area contributed by atoms with Crippen LogP contribution in [-0.4, -0.2) is 15.7 Å². The quantitative estimate of drug-likeness (QED) is 0.716. The van der Waals surface area contributed by atoms with Gasteiger partial charge in [-0.2, -0.15) is 5.10 Å². The van der Waals surface area contributed by atoms with Crippen molar-refractivity contribution in [2.75, 3.05) is 5.32 Å². The summed E-state index contributed by atoms with van der Waals surface area (Å²) in [7, 11) is 0. The van der Waals surface area contributed by atoms with E-state index < -0.39 is 11.7 Å². The van der Waals surface area contributed by atoms with Crippen molar-refractivity contribution in [3.8, 4) is 0 Å². The molecule has 0 atom stereocenters. The Morgan fingerprint density at radius 3 is 2.46 bits per heavy atom. The molecule has 3 aromatic rings. The summed E-state index contributed by atoms with van der Waals surface area (Å²) < 4.78 is 27.9. The van der Waals surface area contributed by atoms with Gasteiger partial charge in [-0.05, 0) is 49.2 Å². The van der Waals surface area contributed by atoms with Crippen molar-refractivity contribution in [3.05, 3.63) is 81.6 Å². The lowest BCUT2D eigenvalue weighted by atomic mass is 10.1. The zero-order valence-corrected chi connectivity index (χ0v) is 14.9. The average molecular weight is 376 g/mol. The fourth-order valence-corrected chi connectivity index (χ4v) is 2.91. The van der Waals surface area contributed by atoms with Gasteiger partial charge in [0.1, 0.15) is 16.8 Å². The minimum Gasteiger partial charge on any atom is -0.321 e. The SMILES string of the molecule is Cc1ccc(F)cc1NC(=O)c1c(C)nn(Cc2ccc(F)cc2)c1Cl. The number of hydrogen-bond acceptors (Lipinski definition) is 2. The maximum Gasteiger partial charge on any atom is 0.260 e. The van der Waals surface area contributed by atoms with Crippen molar-refractivity contribution >= 4 is 23.2 Å². The first-order valence-electron chi connectivity index (χ1n) is 7.90. The number of nitrogens with one attached hydrogen (secondary N) is 1. The van der Waals surface area contributed by atoms with Crippen LogP contribution >= 0.6 is 11.6 Å². The van der Waals surface area contributed by atoms with Gasteiger partial charge in [0.2, 0.25) is 0 Å². The predicted molar refractivity (Wildman–Crippen MR) is 96.6 cm³/mol. The van der Waals surface area contributed by atoms with Gasteiger partial charge >= 0.3 is 0 Å².